The molecule has 3 saturated carbocycles. The van der Waals surface area contributed by atoms with E-state index in [1.54, 1.807) is 0 Å². The molecule has 5 N–H and O–H groups in total. The Morgan fingerprint density at radius 3 is 1.06 bits per heavy atom. The zero-order valence-corrected chi connectivity index (χ0v) is 29.8. The Balaban J connectivity index is 1.67. The topological polar surface area (TPSA) is 191 Å². The number of hydrogen-bond acceptors (Lipinski definition) is 9. The Hall–Kier alpha value is -2.81. The van der Waals surface area contributed by atoms with Crippen LogP contribution in [-0.2, 0) is 24.0 Å². The fraction of sp³-hybridized carbons (Fsp3) is 0.861. The maximum atomic E-state index is 13.0. The Labute approximate surface area is 296 Å². The maximum absolute atomic E-state index is 13.0. The molecule has 0 aromatic rings. The fourth-order valence-corrected chi connectivity index (χ4v) is 9.24. The van der Waals surface area contributed by atoms with Gasteiger partial charge in [0.1, 0.15) is 24.7 Å². The summed E-state index contributed by atoms with van der Waals surface area (Å²) in [5, 5.41) is 43.4. The molecule has 0 aromatic heterocycles. The number of hydrogen-bond donors (Lipinski definition) is 5. The van der Waals surface area contributed by atoms with Crippen LogP contribution in [0.5, 0.6) is 0 Å². The van der Waals surface area contributed by atoms with E-state index in [9.17, 15) is 39.3 Å². The average Bonchev–Trinajstić information content (AvgIpc) is 3.09. The summed E-state index contributed by atoms with van der Waals surface area (Å²) in [6, 6.07) is -2.24. The second-order valence-electron chi connectivity index (χ2n) is 15.1. The van der Waals surface area contributed by atoms with Gasteiger partial charge < -0.3 is 25.7 Å². The third-order valence-electron chi connectivity index (χ3n) is 11.8. The lowest BCUT2D eigenvalue weighted by molar-refractivity contribution is -0.150. The van der Waals surface area contributed by atoms with Crippen molar-refractivity contribution in [2.75, 3.05) is 65.4 Å². The van der Waals surface area contributed by atoms with Gasteiger partial charge in [-0.3, -0.25) is 43.6 Å². The summed E-state index contributed by atoms with van der Waals surface area (Å²) in [5.41, 5.74) is 0. The molecule has 284 valence electrons. The van der Waals surface area contributed by atoms with Crippen LogP contribution in [-0.4, -0.2) is 153 Å². The number of carboxylic acids is 4. The van der Waals surface area contributed by atoms with Gasteiger partial charge in [0.15, 0.2) is 0 Å². The first-order valence-electron chi connectivity index (χ1n) is 19.2. The van der Waals surface area contributed by atoms with Crippen LogP contribution < -0.4 is 5.32 Å². The summed E-state index contributed by atoms with van der Waals surface area (Å²) >= 11 is 0. The van der Waals surface area contributed by atoms with Crippen LogP contribution in [0.4, 0.5) is 0 Å². The number of amides is 1. The molecule has 0 aromatic carbocycles. The lowest BCUT2D eigenvalue weighted by Gasteiger charge is -2.43. The van der Waals surface area contributed by atoms with Crippen LogP contribution in [0.15, 0.2) is 0 Å². The molecule has 3 aliphatic carbocycles. The van der Waals surface area contributed by atoms with Crippen molar-refractivity contribution in [2.45, 2.75) is 114 Å². The van der Waals surface area contributed by atoms with Crippen molar-refractivity contribution in [2.24, 2.45) is 17.8 Å². The smallest absolute Gasteiger partial charge is 0.322 e. The van der Waals surface area contributed by atoms with Crippen molar-refractivity contribution in [1.29, 1.82) is 0 Å². The van der Waals surface area contributed by atoms with E-state index < -0.39 is 54.5 Å². The van der Waals surface area contributed by atoms with Gasteiger partial charge in [-0.05, 0) is 56.3 Å². The number of nitrogens with one attached hydrogen (secondary N) is 1. The van der Waals surface area contributed by atoms with Crippen LogP contribution in [0.25, 0.3) is 0 Å². The van der Waals surface area contributed by atoms with Gasteiger partial charge in [0.25, 0.3) is 0 Å². The molecule has 3 atom stereocenters. The molecule has 1 amide bonds. The zero-order chi connectivity index (χ0) is 36.0. The highest BCUT2D eigenvalue weighted by atomic mass is 16.4. The van der Waals surface area contributed by atoms with Crippen molar-refractivity contribution < 1.29 is 44.4 Å². The molecule has 4 rings (SSSR count). The van der Waals surface area contributed by atoms with Gasteiger partial charge in [0, 0.05) is 52.4 Å². The third-order valence-corrected chi connectivity index (χ3v) is 11.8. The maximum Gasteiger partial charge on any atom is 0.322 e. The molecule has 4 aliphatic rings. The highest BCUT2D eigenvalue weighted by Crippen LogP contribution is 2.33. The molecule has 4 fully saturated rings. The average molecular weight is 708 g/mol. The van der Waals surface area contributed by atoms with E-state index in [2.05, 4.69) is 5.32 Å². The van der Waals surface area contributed by atoms with Crippen LogP contribution in [0.2, 0.25) is 0 Å². The standard InChI is InChI=1S/C36H61N5O9/c42-29(37-24-30(43)44)25-38-16-18-39(31(34(45)46)26-10-4-1-5-11-26)20-22-41(33(36(49)50)28-14-8-3-9-15-28)23-21-40(19-17-38)32(35(47)48)27-12-6-2-7-13-27/h26-28,31-33H,1-25H2,(H,37,42)(H,43,44)(H,45,46)(H,47,48)(H,49,50). The van der Waals surface area contributed by atoms with E-state index in [-0.39, 0.29) is 24.3 Å². The number of carbonyl (C=O) groups excluding carboxylic acids is 1. The summed E-state index contributed by atoms with van der Waals surface area (Å²) in [7, 11) is 0. The molecule has 1 heterocycles. The van der Waals surface area contributed by atoms with Crippen LogP contribution in [0.1, 0.15) is 96.3 Å². The highest BCUT2D eigenvalue weighted by molar-refractivity contribution is 5.82. The summed E-state index contributed by atoms with van der Waals surface area (Å²) in [6.45, 7) is 1.97. The van der Waals surface area contributed by atoms with E-state index in [4.69, 9.17) is 5.11 Å². The molecular formula is C36H61N5O9. The van der Waals surface area contributed by atoms with Crippen LogP contribution >= 0.6 is 0 Å². The second kappa shape index (κ2) is 20.3. The predicted molar refractivity (Wildman–Crippen MR) is 186 cm³/mol. The summed E-state index contributed by atoms with van der Waals surface area (Å²) in [5.74, 6) is -4.41. The first-order chi connectivity index (χ1) is 24.0. The van der Waals surface area contributed by atoms with E-state index in [1.807, 2.05) is 19.6 Å². The van der Waals surface area contributed by atoms with Gasteiger partial charge in [-0.15, -0.1) is 0 Å². The lowest BCUT2D eigenvalue weighted by atomic mass is 9.82. The molecule has 1 saturated heterocycles. The van der Waals surface area contributed by atoms with Gasteiger partial charge in [-0.1, -0.05) is 57.8 Å². The second-order valence-corrected chi connectivity index (χ2v) is 15.1. The molecule has 50 heavy (non-hydrogen) atoms. The number of carbonyl (C=O) groups is 5. The van der Waals surface area contributed by atoms with E-state index in [0.717, 1.165) is 96.3 Å². The van der Waals surface area contributed by atoms with Crippen LogP contribution in [0.3, 0.4) is 0 Å². The van der Waals surface area contributed by atoms with Gasteiger partial charge >= 0.3 is 23.9 Å². The zero-order valence-electron chi connectivity index (χ0n) is 29.8. The third kappa shape index (κ3) is 11.9. The Bertz CT molecular complexity index is 1070. The van der Waals surface area contributed by atoms with Gasteiger partial charge in [0.2, 0.25) is 5.91 Å². The van der Waals surface area contributed by atoms with Gasteiger partial charge in [-0.2, -0.15) is 0 Å². The van der Waals surface area contributed by atoms with Crippen molar-refractivity contribution in [3.63, 3.8) is 0 Å². The van der Waals surface area contributed by atoms with Crippen molar-refractivity contribution in [3.8, 4) is 0 Å². The fourth-order valence-electron chi connectivity index (χ4n) is 9.24. The summed E-state index contributed by atoms with van der Waals surface area (Å²) < 4.78 is 0. The Morgan fingerprint density at radius 2 is 0.780 bits per heavy atom. The molecule has 3 unspecified atom stereocenters. The largest absolute Gasteiger partial charge is 0.480 e. The lowest BCUT2D eigenvalue weighted by Crippen LogP contribution is -2.58. The summed E-state index contributed by atoms with van der Waals surface area (Å²) in [6.07, 6.45) is 13.9. The molecule has 1 aliphatic heterocycles. The summed E-state index contributed by atoms with van der Waals surface area (Å²) in [4.78, 5) is 70.7. The first-order valence-corrected chi connectivity index (χ1v) is 19.2. The minimum Gasteiger partial charge on any atom is -0.480 e. The molecule has 0 spiro atoms. The first kappa shape index (κ1) is 40.0. The number of rotatable bonds is 13. The minimum atomic E-state index is -1.16. The van der Waals surface area contributed by atoms with E-state index in [1.165, 1.54) is 0 Å². The normalized spacial score (nSPS) is 24.6. The van der Waals surface area contributed by atoms with Crippen molar-refractivity contribution in [1.82, 2.24) is 24.9 Å². The van der Waals surface area contributed by atoms with E-state index in [0.29, 0.717) is 52.4 Å². The van der Waals surface area contributed by atoms with Crippen LogP contribution in [0, 0.1) is 17.8 Å². The predicted octanol–water partition coefficient (Wildman–Crippen LogP) is 2.51. The minimum absolute atomic E-state index is 0.0295. The van der Waals surface area contributed by atoms with Gasteiger partial charge in [0.05, 0.1) is 6.54 Å². The highest BCUT2D eigenvalue weighted by Gasteiger charge is 2.40. The molecule has 0 bridgehead atoms. The number of nitrogens with zero attached hydrogens (tertiary/aromatic N) is 4. The van der Waals surface area contributed by atoms with Crippen molar-refractivity contribution >= 4 is 29.8 Å². The monoisotopic (exact) mass is 707 g/mol. The molecule has 0 radical (unpaired) electrons. The molecular weight excluding hydrogens is 646 g/mol. The Kier molecular flexibility index (Phi) is 16.2. The number of carboxylic acid groups (broad SMARTS) is 4. The molecule has 14 nitrogen and oxygen atoms in total. The Morgan fingerprint density at radius 1 is 0.480 bits per heavy atom. The van der Waals surface area contributed by atoms with E-state index >= 15 is 0 Å². The van der Waals surface area contributed by atoms with Crippen molar-refractivity contribution in [3.05, 3.63) is 0 Å². The SMILES string of the molecule is O=C(O)CNC(=O)CN1CCN(C(C(=O)O)C2CCCCC2)CCN(C(C(=O)O)C2CCCCC2)CCN(C(C(=O)O)C2CCCCC2)CC1. The number of aliphatic carboxylic acids is 4. The van der Waals surface area contributed by atoms with Gasteiger partial charge in [-0.25, -0.2) is 0 Å². The quantitative estimate of drug-likeness (QED) is 0.188. The molecule has 14 heteroatoms.